The smallest absolute Gasteiger partial charge is 0.225 e. The van der Waals surface area contributed by atoms with Crippen LogP contribution in [0, 0.1) is 0 Å². The number of carbonyl (C=O) groups is 2. The standard InChI is InChI=1S/C18H25ClN2O2/c1-3-16-6-4-5-11-21(16)18(23)12-17(20-13(2)22)14-7-9-15(19)10-8-14/h7-10,16-17H,3-6,11-12H2,1-2H3,(H,20,22)/t16-,17+/m1/s1. The molecule has 1 heterocycles. The molecular weight excluding hydrogens is 312 g/mol. The summed E-state index contributed by atoms with van der Waals surface area (Å²) >= 11 is 5.92. The molecule has 1 fully saturated rings. The third-order valence-electron chi connectivity index (χ3n) is 4.45. The molecule has 0 aliphatic carbocycles. The molecule has 1 saturated heterocycles. The van der Waals surface area contributed by atoms with E-state index in [1.807, 2.05) is 17.0 Å². The fourth-order valence-corrected chi connectivity index (χ4v) is 3.36. The van der Waals surface area contributed by atoms with Crippen LogP contribution in [0.15, 0.2) is 24.3 Å². The summed E-state index contributed by atoms with van der Waals surface area (Å²) in [5.74, 6) is -0.0197. The second-order valence-corrected chi connectivity index (χ2v) is 6.59. The lowest BCUT2D eigenvalue weighted by atomic mass is 9.97. The summed E-state index contributed by atoms with van der Waals surface area (Å²) in [6.07, 6.45) is 4.60. The minimum absolute atomic E-state index is 0.116. The van der Waals surface area contributed by atoms with Gasteiger partial charge in [-0.25, -0.2) is 0 Å². The third-order valence-corrected chi connectivity index (χ3v) is 4.70. The van der Waals surface area contributed by atoms with Gasteiger partial charge >= 0.3 is 0 Å². The summed E-state index contributed by atoms with van der Waals surface area (Å²) in [6.45, 7) is 4.43. The Kier molecular flexibility index (Phi) is 6.46. The molecule has 126 valence electrons. The molecule has 0 spiro atoms. The van der Waals surface area contributed by atoms with Crippen molar-refractivity contribution < 1.29 is 9.59 Å². The summed E-state index contributed by atoms with van der Waals surface area (Å²) in [5, 5.41) is 3.53. The van der Waals surface area contributed by atoms with E-state index in [2.05, 4.69) is 12.2 Å². The topological polar surface area (TPSA) is 49.4 Å². The second-order valence-electron chi connectivity index (χ2n) is 6.15. The van der Waals surface area contributed by atoms with Gasteiger partial charge in [-0.2, -0.15) is 0 Å². The van der Waals surface area contributed by atoms with Gasteiger partial charge in [0, 0.05) is 24.5 Å². The van der Waals surface area contributed by atoms with Gasteiger partial charge in [0.15, 0.2) is 0 Å². The van der Waals surface area contributed by atoms with Gasteiger partial charge < -0.3 is 10.2 Å². The van der Waals surface area contributed by atoms with E-state index in [-0.39, 0.29) is 24.3 Å². The average molecular weight is 337 g/mol. The molecule has 2 amide bonds. The molecule has 1 aliphatic rings. The molecule has 1 aliphatic heterocycles. The van der Waals surface area contributed by atoms with E-state index in [1.54, 1.807) is 12.1 Å². The highest BCUT2D eigenvalue weighted by Crippen LogP contribution is 2.24. The highest BCUT2D eigenvalue weighted by atomic mass is 35.5. The Balaban J connectivity index is 2.11. The Morgan fingerprint density at radius 1 is 1.30 bits per heavy atom. The molecule has 0 aromatic heterocycles. The van der Waals surface area contributed by atoms with Crippen molar-refractivity contribution in [2.24, 2.45) is 0 Å². The maximum absolute atomic E-state index is 12.7. The van der Waals surface area contributed by atoms with Crippen LogP contribution in [-0.2, 0) is 9.59 Å². The van der Waals surface area contributed by atoms with Crippen LogP contribution >= 0.6 is 11.6 Å². The van der Waals surface area contributed by atoms with Gasteiger partial charge in [0.1, 0.15) is 0 Å². The largest absolute Gasteiger partial charge is 0.349 e. The molecule has 0 bridgehead atoms. The highest BCUT2D eigenvalue weighted by Gasteiger charge is 2.27. The van der Waals surface area contributed by atoms with Crippen LogP contribution in [0.25, 0.3) is 0 Å². The Bertz CT molecular complexity index is 544. The fourth-order valence-electron chi connectivity index (χ4n) is 3.24. The van der Waals surface area contributed by atoms with Crippen molar-refractivity contribution in [1.82, 2.24) is 10.2 Å². The molecule has 0 saturated carbocycles. The molecule has 2 atom stereocenters. The monoisotopic (exact) mass is 336 g/mol. The average Bonchev–Trinajstić information content (AvgIpc) is 2.54. The zero-order valence-corrected chi connectivity index (χ0v) is 14.6. The van der Waals surface area contributed by atoms with Crippen LogP contribution in [0.2, 0.25) is 5.02 Å². The number of rotatable bonds is 5. The quantitative estimate of drug-likeness (QED) is 0.891. The number of hydrogen-bond donors (Lipinski definition) is 1. The Morgan fingerprint density at radius 2 is 2.00 bits per heavy atom. The first-order valence-corrected chi connectivity index (χ1v) is 8.71. The number of piperidine rings is 1. The van der Waals surface area contributed by atoms with Crippen molar-refractivity contribution in [2.75, 3.05) is 6.54 Å². The van der Waals surface area contributed by atoms with Crippen LogP contribution in [0.1, 0.15) is 57.6 Å². The molecule has 1 N–H and O–H groups in total. The molecule has 0 unspecified atom stereocenters. The van der Waals surface area contributed by atoms with E-state index in [0.29, 0.717) is 11.1 Å². The van der Waals surface area contributed by atoms with E-state index < -0.39 is 0 Å². The van der Waals surface area contributed by atoms with E-state index >= 15 is 0 Å². The summed E-state index contributed by atoms with van der Waals surface area (Å²) < 4.78 is 0. The zero-order chi connectivity index (χ0) is 16.8. The fraction of sp³-hybridized carbons (Fsp3) is 0.556. The maximum Gasteiger partial charge on any atom is 0.225 e. The van der Waals surface area contributed by atoms with Crippen molar-refractivity contribution in [2.45, 2.75) is 58.0 Å². The van der Waals surface area contributed by atoms with Crippen LogP contribution in [0.4, 0.5) is 0 Å². The number of amides is 2. The van der Waals surface area contributed by atoms with E-state index in [9.17, 15) is 9.59 Å². The Labute approximate surface area is 143 Å². The van der Waals surface area contributed by atoms with E-state index in [0.717, 1.165) is 31.4 Å². The lowest BCUT2D eigenvalue weighted by Gasteiger charge is -2.36. The second kappa shape index (κ2) is 8.34. The molecule has 1 aromatic carbocycles. The zero-order valence-electron chi connectivity index (χ0n) is 13.8. The van der Waals surface area contributed by atoms with Crippen molar-refractivity contribution in [3.05, 3.63) is 34.9 Å². The number of carbonyl (C=O) groups excluding carboxylic acids is 2. The van der Waals surface area contributed by atoms with Crippen molar-refractivity contribution >= 4 is 23.4 Å². The molecule has 2 rings (SSSR count). The summed E-state index contributed by atoms with van der Waals surface area (Å²) in [5.41, 5.74) is 0.906. The summed E-state index contributed by atoms with van der Waals surface area (Å²) in [6, 6.07) is 7.32. The van der Waals surface area contributed by atoms with Gasteiger partial charge in [-0.3, -0.25) is 9.59 Å². The number of benzene rings is 1. The predicted octanol–water partition coefficient (Wildman–Crippen LogP) is 3.70. The summed E-state index contributed by atoms with van der Waals surface area (Å²) in [7, 11) is 0. The lowest BCUT2D eigenvalue weighted by molar-refractivity contribution is -0.135. The predicted molar refractivity (Wildman–Crippen MR) is 92.3 cm³/mol. The van der Waals surface area contributed by atoms with Crippen LogP contribution in [-0.4, -0.2) is 29.3 Å². The molecule has 23 heavy (non-hydrogen) atoms. The summed E-state index contributed by atoms with van der Waals surface area (Å²) in [4.78, 5) is 26.3. The minimum Gasteiger partial charge on any atom is -0.349 e. The van der Waals surface area contributed by atoms with E-state index in [4.69, 9.17) is 11.6 Å². The normalized spacial score (nSPS) is 19.3. The lowest BCUT2D eigenvalue weighted by Crippen LogP contribution is -2.44. The van der Waals surface area contributed by atoms with Gasteiger partial charge in [0.25, 0.3) is 0 Å². The third kappa shape index (κ3) is 4.96. The van der Waals surface area contributed by atoms with Crippen molar-refractivity contribution in [3.63, 3.8) is 0 Å². The minimum atomic E-state index is -0.309. The SMILES string of the molecule is CC[C@@H]1CCCCN1C(=O)C[C@H](NC(C)=O)c1ccc(Cl)cc1. The molecular formula is C18H25ClN2O2. The first kappa shape index (κ1) is 17.8. The Hall–Kier alpha value is -1.55. The van der Waals surface area contributed by atoms with Gasteiger partial charge in [-0.1, -0.05) is 30.7 Å². The number of nitrogens with zero attached hydrogens (tertiary/aromatic N) is 1. The molecule has 0 radical (unpaired) electrons. The number of likely N-dealkylation sites (tertiary alicyclic amines) is 1. The van der Waals surface area contributed by atoms with Gasteiger partial charge in [-0.05, 0) is 43.4 Å². The van der Waals surface area contributed by atoms with Gasteiger partial charge in [0.2, 0.25) is 11.8 Å². The highest BCUT2D eigenvalue weighted by molar-refractivity contribution is 6.30. The van der Waals surface area contributed by atoms with Crippen molar-refractivity contribution in [3.8, 4) is 0 Å². The number of halogens is 1. The molecule has 5 heteroatoms. The van der Waals surface area contributed by atoms with Crippen LogP contribution in [0.3, 0.4) is 0 Å². The molecule has 1 aromatic rings. The first-order chi connectivity index (χ1) is 11.0. The van der Waals surface area contributed by atoms with Crippen LogP contribution < -0.4 is 5.32 Å². The van der Waals surface area contributed by atoms with Crippen molar-refractivity contribution in [1.29, 1.82) is 0 Å². The van der Waals surface area contributed by atoms with E-state index in [1.165, 1.54) is 13.3 Å². The molecule has 4 nitrogen and oxygen atoms in total. The number of hydrogen-bond acceptors (Lipinski definition) is 2. The number of nitrogens with one attached hydrogen (secondary N) is 1. The maximum atomic E-state index is 12.7. The van der Waals surface area contributed by atoms with Gasteiger partial charge in [-0.15, -0.1) is 0 Å². The first-order valence-electron chi connectivity index (χ1n) is 8.33. The van der Waals surface area contributed by atoms with Gasteiger partial charge in [0.05, 0.1) is 12.5 Å². The Morgan fingerprint density at radius 3 is 2.61 bits per heavy atom. The van der Waals surface area contributed by atoms with Crippen LogP contribution in [0.5, 0.6) is 0 Å².